The van der Waals surface area contributed by atoms with E-state index in [2.05, 4.69) is 4.72 Å². The van der Waals surface area contributed by atoms with Crippen molar-refractivity contribution >= 4 is 10.0 Å². The lowest BCUT2D eigenvalue weighted by molar-refractivity contribution is 0.240. The molecule has 2 aromatic rings. The summed E-state index contributed by atoms with van der Waals surface area (Å²) in [5.41, 5.74) is -0.674. The maximum absolute atomic E-state index is 12.7. The van der Waals surface area contributed by atoms with Crippen LogP contribution in [0.4, 0.5) is 0 Å². The Balaban J connectivity index is 1.90. The minimum Gasteiger partial charge on any atom is -0.493 e. The van der Waals surface area contributed by atoms with Gasteiger partial charge >= 0.3 is 5.69 Å². The molecular formula is C16H19N3O6S. The summed E-state index contributed by atoms with van der Waals surface area (Å²) >= 11 is 0. The highest BCUT2D eigenvalue weighted by molar-refractivity contribution is 7.89. The lowest BCUT2D eigenvalue weighted by atomic mass is 10.0. The quantitative estimate of drug-likeness (QED) is 0.756. The second kappa shape index (κ2) is 6.61. The molecule has 0 amide bonds. The number of aromatic nitrogens is 2. The Labute approximate surface area is 149 Å². The van der Waals surface area contributed by atoms with Crippen molar-refractivity contribution in [2.45, 2.75) is 17.4 Å². The molecule has 1 N–H and O–H groups in total. The number of ether oxygens (including phenoxy) is 2. The minimum atomic E-state index is -4.12. The van der Waals surface area contributed by atoms with Gasteiger partial charge in [-0.05, 0) is 18.1 Å². The molecule has 3 rings (SSSR count). The second-order valence-electron chi connectivity index (χ2n) is 6.03. The monoisotopic (exact) mass is 381 g/mol. The number of nitrogens with one attached hydrogen (secondary N) is 1. The van der Waals surface area contributed by atoms with Crippen LogP contribution in [0.2, 0.25) is 0 Å². The Morgan fingerprint density at radius 3 is 2.69 bits per heavy atom. The summed E-state index contributed by atoms with van der Waals surface area (Å²) < 4.78 is 40.5. The summed E-state index contributed by atoms with van der Waals surface area (Å²) in [6, 6.07) is 4.82. The van der Waals surface area contributed by atoms with Crippen LogP contribution < -0.4 is 25.4 Å². The van der Waals surface area contributed by atoms with Gasteiger partial charge in [-0.2, -0.15) is 0 Å². The fourth-order valence-corrected chi connectivity index (χ4v) is 4.25. The molecular weight excluding hydrogens is 362 g/mol. The number of sulfonamides is 1. The van der Waals surface area contributed by atoms with Crippen LogP contribution in [0, 0.1) is 0 Å². The Kier molecular flexibility index (Phi) is 4.63. The number of benzene rings is 1. The van der Waals surface area contributed by atoms with Gasteiger partial charge in [0.25, 0.3) is 5.56 Å². The van der Waals surface area contributed by atoms with Gasteiger partial charge in [0.1, 0.15) is 6.61 Å². The highest BCUT2D eigenvalue weighted by atomic mass is 32.2. The highest BCUT2D eigenvalue weighted by Crippen LogP contribution is 2.34. The SMILES string of the molecule is COc1cccc2c1OCC(NS(=O)(=O)c1cn(C)c(=O)n(C)c1=O)C2. The Hall–Kier alpha value is -2.59. The summed E-state index contributed by atoms with van der Waals surface area (Å²) in [6.45, 7) is 0.0959. The van der Waals surface area contributed by atoms with Gasteiger partial charge in [0.05, 0.1) is 13.2 Å². The zero-order valence-electron chi connectivity index (χ0n) is 14.6. The van der Waals surface area contributed by atoms with Crippen molar-refractivity contribution in [1.29, 1.82) is 0 Å². The number of hydrogen-bond acceptors (Lipinski definition) is 6. The minimum absolute atomic E-state index is 0.0959. The third-order valence-corrected chi connectivity index (χ3v) is 5.70. The average Bonchev–Trinajstić information content (AvgIpc) is 2.61. The molecule has 0 aliphatic carbocycles. The molecule has 0 fully saturated rings. The molecule has 10 heteroatoms. The summed E-state index contributed by atoms with van der Waals surface area (Å²) in [5, 5.41) is 0. The molecule has 2 heterocycles. The van der Waals surface area contributed by atoms with Crippen molar-refractivity contribution < 1.29 is 17.9 Å². The number of para-hydroxylation sites is 1. The van der Waals surface area contributed by atoms with Crippen LogP contribution in [0.5, 0.6) is 11.5 Å². The van der Waals surface area contributed by atoms with E-state index < -0.39 is 32.2 Å². The number of rotatable bonds is 4. The van der Waals surface area contributed by atoms with E-state index in [4.69, 9.17) is 9.47 Å². The molecule has 0 radical (unpaired) electrons. The predicted molar refractivity (Wildman–Crippen MR) is 93.2 cm³/mol. The van der Waals surface area contributed by atoms with E-state index in [1.807, 2.05) is 6.07 Å². The molecule has 1 aliphatic heterocycles. The van der Waals surface area contributed by atoms with Crippen molar-refractivity contribution in [2.24, 2.45) is 14.1 Å². The molecule has 140 valence electrons. The maximum Gasteiger partial charge on any atom is 0.330 e. The second-order valence-corrected chi connectivity index (χ2v) is 7.72. The van der Waals surface area contributed by atoms with E-state index in [0.717, 1.165) is 20.9 Å². The molecule has 26 heavy (non-hydrogen) atoms. The molecule has 1 unspecified atom stereocenters. The highest BCUT2D eigenvalue weighted by Gasteiger charge is 2.29. The van der Waals surface area contributed by atoms with Gasteiger partial charge in [0.2, 0.25) is 10.0 Å². The third kappa shape index (κ3) is 3.13. The lowest BCUT2D eigenvalue weighted by Crippen LogP contribution is -2.46. The largest absolute Gasteiger partial charge is 0.493 e. The van der Waals surface area contributed by atoms with Crippen LogP contribution in [0.15, 0.2) is 38.9 Å². The van der Waals surface area contributed by atoms with Gasteiger partial charge in [-0.3, -0.25) is 9.36 Å². The van der Waals surface area contributed by atoms with Crippen molar-refractivity contribution in [2.75, 3.05) is 13.7 Å². The van der Waals surface area contributed by atoms with Gasteiger partial charge in [-0.25, -0.2) is 17.9 Å². The molecule has 1 aliphatic rings. The molecule has 1 aromatic heterocycles. The van der Waals surface area contributed by atoms with Crippen LogP contribution in [-0.4, -0.2) is 37.3 Å². The number of hydrogen-bond donors (Lipinski definition) is 1. The van der Waals surface area contributed by atoms with Crippen LogP contribution >= 0.6 is 0 Å². The normalized spacial score (nSPS) is 16.7. The van der Waals surface area contributed by atoms with Crippen molar-refractivity contribution in [3.63, 3.8) is 0 Å². The molecule has 0 spiro atoms. The summed E-state index contributed by atoms with van der Waals surface area (Å²) in [4.78, 5) is 23.4. The molecule has 0 bridgehead atoms. The number of aryl methyl sites for hydroxylation is 1. The summed E-state index contributed by atoms with van der Waals surface area (Å²) in [6.07, 6.45) is 1.41. The molecule has 0 saturated heterocycles. The van der Waals surface area contributed by atoms with Gasteiger partial charge < -0.3 is 14.0 Å². The number of methoxy groups -OCH3 is 1. The first kappa shape index (κ1) is 18.2. The van der Waals surface area contributed by atoms with E-state index >= 15 is 0 Å². The molecule has 0 saturated carbocycles. The van der Waals surface area contributed by atoms with Crippen LogP contribution in [0.1, 0.15) is 5.56 Å². The van der Waals surface area contributed by atoms with Gasteiger partial charge in [-0.15, -0.1) is 0 Å². The number of nitrogens with zero attached hydrogens (tertiary/aromatic N) is 2. The first-order chi connectivity index (χ1) is 12.2. The van der Waals surface area contributed by atoms with E-state index in [1.54, 1.807) is 12.1 Å². The van der Waals surface area contributed by atoms with Crippen LogP contribution in [0.25, 0.3) is 0 Å². The zero-order chi connectivity index (χ0) is 19.1. The standard InChI is InChI=1S/C16H19N3O6S/c1-18-8-13(15(20)19(2)16(18)21)26(22,23)17-11-7-10-5-4-6-12(24-3)14(10)25-9-11/h4-6,8,11,17H,7,9H2,1-3H3. The van der Waals surface area contributed by atoms with Crippen molar-refractivity contribution in [3.8, 4) is 11.5 Å². The zero-order valence-corrected chi connectivity index (χ0v) is 15.4. The Morgan fingerprint density at radius 2 is 2.00 bits per heavy atom. The van der Waals surface area contributed by atoms with E-state index in [-0.39, 0.29) is 6.61 Å². The maximum atomic E-state index is 12.7. The van der Waals surface area contributed by atoms with Crippen molar-refractivity contribution in [1.82, 2.24) is 13.9 Å². The first-order valence-corrected chi connectivity index (χ1v) is 9.30. The lowest BCUT2D eigenvalue weighted by Gasteiger charge is -2.27. The fraction of sp³-hybridized carbons (Fsp3) is 0.375. The van der Waals surface area contributed by atoms with Crippen molar-refractivity contribution in [3.05, 3.63) is 50.8 Å². The number of fused-ring (bicyclic) bond motifs is 1. The van der Waals surface area contributed by atoms with Crippen LogP contribution in [0.3, 0.4) is 0 Å². The van der Waals surface area contributed by atoms with Gasteiger partial charge in [0.15, 0.2) is 16.4 Å². The molecule has 1 atom stereocenters. The predicted octanol–water partition coefficient (Wildman–Crippen LogP) is -0.625. The van der Waals surface area contributed by atoms with Gasteiger partial charge in [0, 0.05) is 20.3 Å². The smallest absolute Gasteiger partial charge is 0.330 e. The van der Waals surface area contributed by atoms with E-state index in [0.29, 0.717) is 17.9 Å². The Bertz CT molecular complexity index is 1070. The summed E-state index contributed by atoms with van der Waals surface area (Å²) in [7, 11) is 0.0202. The fourth-order valence-electron chi connectivity index (χ4n) is 2.87. The summed E-state index contributed by atoms with van der Waals surface area (Å²) in [5.74, 6) is 1.17. The van der Waals surface area contributed by atoms with Gasteiger partial charge in [-0.1, -0.05) is 12.1 Å². The average molecular weight is 381 g/mol. The van der Waals surface area contributed by atoms with E-state index in [9.17, 15) is 18.0 Å². The first-order valence-electron chi connectivity index (χ1n) is 7.82. The Morgan fingerprint density at radius 1 is 1.27 bits per heavy atom. The topological polar surface area (TPSA) is 109 Å². The van der Waals surface area contributed by atoms with E-state index in [1.165, 1.54) is 21.2 Å². The third-order valence-electron chi connectivity index (χ3n) is 4.20. The van der Waals surface area contributed by atoms with Crippen LogP contribution in [-0.2, 0) is 30.5 Å². The molecule has 9 nitrogen and oxygen atoms in total. The molecule has 1 aromatic carbocycles.